The first kappa shape index (κ1) is 8.37. The molecule has 1 aliphatic rings. The summed E-state index contributed by atoms with van der Waals surface area (Å²) in [5.41, 5.74) is 0. The first-order valence-electron chi connectivity index (χ1n) is 3.87. The van der Waals surface area contributed by atoms with Crippen LogP contribution in [0.1, 0.15) is 25.7 Å². The van der Waals surface area contributed by atoms with E-state index < -0.39 is 0 Å². The Balaban J connectivity index is 2.17. The summed E-state index contributed by atoms with van der Waals surface area (Å²) < 4.78 is 2.96. The van der Waals surface area contributed by atoms with Crippen molar-refractivity contribution in [2.75, 3.05) is 6.61 Å². The van der Waals surface area contributed by atoms with Crippen LogP contribution in [0.15, 0.2) is 0 Å². The summed E-state index contributed by atoms with van der Waals surface area (Å²) >= 11 is 4.01. The zero-order valence-electron chi connectivity index (χ0n) is 6.08. The average molecular weight is 161 g/mol. The van der Waals surface area contributed by atoms with E-state index in [1.165, 1.54) is 0 Å². The van der Waals surface area contributed by atoms with E-state index >= 15 is 0 Å². The monoisotopic (exact) mass is 161 g/mol. The highest BCUT2D eigenvalue weighted by molar-refractivity contribution is 7.78. The molecule has 0 amide bonds. The van der Waals surface area contributed by atoms with Crippen molar-refractivity contribution in [2.24, 2.45) is 5.92 Å². The lowest BCUT2D eigenvalue weighted by Gasteiger charge is -2.26. The Morgan fingerprint density at radius 2 is 1.90 bits per heavy atom. The Morgan fingerprint density at radius 1 is 1.30 bits per heavy atom. The van der Waals surface area contributed by atoms with Gasteiger partial charge >= 0.3 is 0 Å². The summed E-state index contributed by atoms with van der Waals surface area (Å²) in [4.78, 5) is 0. The van der Waals surface area contributed by atoms with Crippen LogP contribution >= 0.6 is 12.8 Å². The van der Waals surface area contributed by atoms with Crippen LogP contribution in [0.2, 0.25) is 0 Å². The summed E-state index contributed by atoms with van der Waals surface area (Å²) in [6.07, 6.45) is 4.62. The van der Waals surface area contributed by atoms with Gasteiger partial charge in [-0.1, -0.05) is 12.8 Å². The highest BCUT2D eigenvalue weighted by Crippen LogP contribution is 2.23. The van der Waals surface area contributed by atoms with Gasteiger partial charge in [0.05, 0.1) is 0 Å². The van der Waals surface area contributed by atoms with Crippen LogP contribution in [0.5, 0.6) is 0 Å². The SMILES string of the molecule is OCC1CCC(NS)CC1. The molecule has 2 N–H and O–H groups in total. The minimum Gasteiger partial charge on any atom is -0.396 e. The molecule has 0 aromatic rings. The molecule has 60 valence electrons. The number of aliphatic hydroxyl groups is 1. The molecule has 1 saturated carbocycles. The van der Waals surface area contributed by atoms with Gasteiger partial charge in [0.15, 0.2) is 0 Å². The summed E-state index contributed by atoms with van der Waals surface area (Å²) in [7, 11) is 0. The molecule has 0 bridgehead atoms. The fourth-order valence-electron chi connectivity index (χ4n) is 1.47. The van der Waals surface area contributed by atoms with E-state index in [1.54, 1.807) is 0 Å². The van der Waals surface area contributed by atoms with Crippen LogP contribution in [0, 0.1) is 5.92 Å². The Bertz CT molecular complexity index is 79.6. The van der Waals surface area contributed by atoms with Crippen molar-refractivity contribution in [1.82, 2.24) is 4.72 Å². The predicted octanol–water partition coefficient (Wildman–Crippen LogP) is 0.972. The number of aliphatic hydroxyl groups excluding tert-OH is 1. The first-order chi connectivity index (χ1) is 4.86. The molecule has 0 aromatic heterocycles. The average Bonchev–Trinajstić information content (AvgIpc) is 2.05. The van der Waals surface area contributed by atoms with Crippen molar-refractivity contribution >= 4 is 12.8 Å². The van der Waals surface area contributed by atoms with E-state index in [1.807, 2.05) is 0 Å². The largest absolute Gasteiger partial charge is 0.396 e. The molecule has 1 aliphatic carbocycles. The van der Waals surface area contributed by atoms with Crippen LogP contribution in [0.25, 0.3) is 0 Å². The fraction of sp³-hybridized carbons (Fsp3) is 1.00. The number of rotatable bonds is 2. The summed E-state index contributed by atoms with van der Waals surface area (Å²) in [6.45, 7) is 0.360. The number of hydrogen-bond acceptors (Lipinski definition) is 3. The van der Waals surface area contributed by atoms with Gasteiger partial charge in [0, 0.05) is 12.6 Å². The van der Waals surface area contributed by atoms with Crippen molar-refractivity contribution in [3.05, 3.63) is 0 Å². The maximum Gasteiger partial charge on any atom is 0.0459 e. The molecular formula is C7H15NOS. The minimum absolute atomic E-state index is 0.360. The van der Waals surface area contributed by atoms with Crippen molar-refractivity contribution in [2.45, 2.75) is 31.7 Å². The van der Waals surface area contributed by atoms with Crippen LogP contribution < -0.4 is 4.72 Å². The molecule has 2 nitrogen and oxygen atoms in total. The molecule has 3 heteroatoms. The molecule has 0 aromatic carbocycles. The quantitative estimate of drug-likeness (QED) is 0.527. The minimum atomic E-state index is 0.360. The summed E-state index contributed by atoms with van der Waals surface area (Å²) in [6, 6.07) is 0.575. The lowest BCUT2D eigenvalue weighted by atomic mass is 9.87. The second-order valence-electron chi connectivity index (χ2n) is 3.03. The van der Waals surface area contributed by atoms with E-state index in [4.69, 9.17) is 5.11 Å². The molecule has 0 radical (unpaired) electrons. The molecule has 10 heavy (non-hydrogen) atoms. The third-order valence-electron chi connectivity index (χ3n) is 2.29. The van der Waals surface area contributed by atoms with Crippen LogP contribution in [0.4, 0.5) is 0 Å². The third kappa shape index (κ3) is 2.15. The van der Waals surface area contributed by atoms with Gasteiger partial charge in [0.1, 0.15) is 0 Å². The van der Waals surface area contributed by atoms with E-state index in [9.17, 15) is 0 Å². The van der Waals surface area contributed by atoms with Crippen molar-refractivity contribution in [3.8, 4) is 0 Å². The van der Waals surface area contributed by atoms with E-state index in [2.05, 4.69) is 17.5 Å². The second-order valence-corrected chi connectivity index (χ2v) is 3.29. The standard InChI is InChI=1S/C7H15NOS/c9-5-6-1-3-7(8-10)4-2-6/h6-10H,1-5H2. The zero-order chi connectivity index (χ0) is 7.40. The predicted molar refractivity (Wildman–Crippen MR) is 45.0 cm³/mol. The van der Waals surface area contributed by atoms with E-state index in [0.717, 1.165) is 25.7 Å². The summed E-state index contributed by atoms with van der Waals surface area (Å²) in [5.74, 6) is 0.554. The van der Waals surface area contributed by atoms with Gasteiger partial charge in [-0.25, -0.2) is 0 Å². The molecule has 0 heterocycles. The fourth-order valence-corrected chi connectivity index (χ4v) is 1.73. The van der Waals surface area contributed by atoms with E-state index in [-0.39, 0.29) is 0 Å². The highest BCUT2D eigenvalue weighted by Gasteiger charge is 2.18. The Hall–Kier alpha value is 0.270. The van der Waals surface area contributed by atoms with Gasteiger partial charge in [0.25, 0.3) is 0 Å². The van der Waals surface area contributed by atoms with Crippen molar-refractivity contribution in [3.63, 3.8) is 0 Å². The van der Waals surface area contributed by atoms with Crippen LogP contribution in [-0.4, -0.2) is 17.8 Å². The number of thiol groups is 1. The molecule has 1 fully saturated rings. The maximum atomic E-state index is 8.81. The molecule has 0 unspecified atom stereocenters. The molecule has 0 saturated heterocycles. The van der Waals surface area contributed by atoms with Gasteiger partial charge in [0.2, 0.25) is 0 Å². The summed E-state index contributed by atoms with van der Waals surface area (Å²) in [5, 5.41) is 8.81. The van der Waals surface area contributed by atoms with Crippen molar-refractivity contribution in [1.29, 1.82) is 0 Å². The second kappa shape index (κ2) is 4.21. The number of hydrogen-bond donors (Lipinski definition) is 3. The Labute approximate surface area is 67.6 Å². The molecular weight excluding hydrogens is 146 g/mol. The highest BCUT2D eigenvalue weighted by atomic mass is 32.1. The Morgan fingerprint density at radius 3 is 2.30 bits per heavy atom. The molecule has 0 spiro atoms. The van der Waals surface area contributed by atoms with Crippen molar-refractivity contribution < 1.29 is 5.11 Å². The lowest BCUT2D eigenvalue weighted by Crippen LogP contribution is -2.28. The van der Waals surface area contributed by atoms with Gasteiger partial charge in [-0.15, -0.1) is 0 Å². The van der Waals surface area contributed by atoms with Gasteiger partial charge < -0.3 is 5.11 Å². The van der Waals surface area contributed by atoms with Gasteiger partial charge in [-0.05, 0) is 31.6 Å². The maximum absolute atomic E-state index is 8.81. The van der Waals surface area contributed by atoms with Gasteiger partial charge in [-0.3, -0.25) is 4.72 Å². The zero-order valence-corrected chi connectivity index (χ0v) is 6.98. The Kier molecular flexibility index (Phi) is 3.52. The molecule has 0 atom stereocenters. The van der Waals surface area contributed by atoms with E-state index in [0.29, 0.717) is 18.6 Å². The lowest BCUT2D eigenvalue weighted by molar-refractivity contribution is 0.181. The van der Waals surface area contributed by atoms with Crippen LogP contribution in [-0.2, 0) is 0 Å². The number of nitrogens with one attached hydrogen (secondary N) is 1. The first-order valence-corrected chi connectivity index (χ1v) is 4.32. The molecule has 0 aliphatic heterocycles. The topological polar surface area (TPSA) is 32.3 Å². The molecule has 1 rings (SSSR count). The smallest absolute Gasteiger partial charge is 0.0459 e. The van der Waals surface area contributed by atoms with Gasteiger partial charge in [-0.2, -0.15) is 0 Å². The third-order valence-corrected chi connectivity index (χ3v) is 2.65. The van der Waals surface area contributed by atoms with Crippen LogP contribution in [0.3, 0.4) is 0 Å². The normalized spacial score (nSPS) is 34.2.